The number of likely N-dealkylation sites (tertiary alicyclic amines) is 1. The van der Waals surface area contributed by atoms with Gasteiger partial charge in [-0.05, 0) is 18.6 Å². The Kier molecular flexibility index (Phi) is 3.31. The minimum absolute atomic E-state index is 0.141. The van der Waals surface area contributed by atoms with Crippen molar-refractivity contribution in [1.82, 2.24) is 4.90 Å². The van der Waals surface area contributed by atoms with Crippen LogP contribution >= 0.6 is 11.6 Å². The van der Waals surface area contributed by atoms with Gasteiger partial charge in [-0.2, -0.15) is 0 Å². The van der Waals surface area contributed by atoms with Crippen LogP contribution in [-0.4, -0.2) is 35.1 Å². The summed E-state index contributed by atoms with van der Waals surface area (Å²) in [6, 6.07) is 1.56. The number of β-amino-alcohol motifs (C(OH)–C–C–N with tert-alkyl or cyclic N) is 1. The highest BCUT2D eigenvalue weighted by molar-refractivity contribution is 6.30. The fourth-order valence-electron chi connectivity index (χ4n) is 1.78. The van der Waals surface area contributed by atoms with E-state index < -0.39 is 23.6 Å². The Balaban J connectivity index is 2.28. The lowest BCUT2D eigenvalue weighted by molar-refractivity contribution is 0.0760. The number of carbonyl (C=O) groups is 1. The molecule has 92 valence electrons. The molecule has 0 aromatic heterocycles. The first-order valence-corrected chi connectivity index (χ1v) is 5.48. The lowest BCUT2D eigenvalue weighted by atomic mass is 10.2. The van der Waals surface area contributed by atoms with E-state index in [4.69, 9.17) is 11.6 Å². The van der Waals surface area contributed by atoms with E-state index in [1.807, 2.05) is 0 Å². The van der Waals surface area contributed by atoms with Crippen molar-refractivity contribution in [3.8, 4) is 0 Å². The van der Waals surface area contributed by atoms with Crippen LogP contribution in [-0.2, 0) is 0 Å². The molecular formula is C11H10ClF2NO2. The van der Waals surface area contributed by atoms with Crippen LogP contribution in [0.1, 0.15) is 16.8 Å². The highest BCUT2D eigenvalue weighted by atomic mass is 35.5. The molecule has 1 aromatic rings. The molecule has 0 aliphatic carbocycles. The quantitative estimate of drug-likeness (QED) is 0.784. The van der Waals surface area contributed by atoms with Crippen LogP contribution in [0.5, 0.6) is 0 Å². The number of nitrogens with zero attached hydrogens (tertiary/aromatic N) is 1. The summed E-state index contributed by atoms with van der Waals surface area (Å²) in [5, 5.41) is 8.92. The first-order valence-electron chi connectivity index (χ1n) is 5.11. The van der Waals surface area contributed by atoms with E-state index in [2.05, 4.69) is 0 Å². The maximum Gasteiger partial charge on any atom is 0.257 e. The van der Waals surface area contributed by atoms with E-state index >= 15 is 0 Å². The van der Waals surface area contributed by atoms with Crippen LogP contribution in [0.15, 0.2) is 12.1 Å². The van der Waals surface area contributed by atoms with Crippen molar-refractivity contribution in [1.29, 1.82) is 0 Å². The normalized spacial score (nSPS) is 19.8. The van der Waals surface area contributed by atoms with Crippen molar-refractivity contribution in [2.75, 3.05) is 13.1 Å². The van der Waals surface area contributed by atoms with Crippen molar-refractivity contribution in [2.45, 2.75) is 12.5 Å². The number of amides is 1. The zero-order valence-corrected chi connectivity index (χ0v) is 9.55. The number of hydrogen-bond acceptors (Lipinski definition) is 2. The predicted octanol–water partition coefficient (Wildman–Crippen LogP) is 1.82. The largest absolute Gasteiger partial charge is 0.391 e. The average molecular weight is 262 g/mol. The number of aliphatic hydroxyl groups is 1. The molecule has 1 aliphatic heterocycles. The van der Waals surface area contributed by atoms with E-state index in [9.17, 15) is 18.7 Å². The van der Waals surface area contributed by atoms with Gasteiger partial charge in [-0.1, -0.05) is 11.6 Å². The second kappa shape index (κ2) is 4.58. The summed E-state index contributed by atoms with van der Waals surface area (Å²) in [6.45, 7) is 0.478. The molecule has 1 aromatic carbocycles. The zero-order chi connectivity index (χ0) is 12.6. The number of halogens is 3. The summed E-state index contributed by atoms with van der Waals surface area (Å²) in [5.74, 6) is -2.33. The van der Waals surface area contributed by atoms with Crippen LogP contribution in [0.2, 0.25) is 5.02 Å². The molecule has 1 N–H and O–H groups in total. The van der Waals surface area contributed by atoms with E-state index in [1.54, 1.807) is 0 Å². The number of rotatable bonds is 1. The van der Waals surface area contributed by atoms with Gasteiger partial charge in [-0.25, -0.2) is 8.78 Å². The minimum Gasteiger partial charge on any atom is -0.391 e. The van der Waals surface area contributed by atoms with Gasteiger partial charge in [0.25, 0.3) is 5.91 Å². The SMILES string of the molecule is O=C(c1cc(F)c(Cl)cc1F)N1CC[C@@H](O)C1. The molecule has 0 unspecified atom stereocenters. The van der Waals surface area contributed by atoms with E-state index in [0.717, 1.165) is 12.1 Å². The molecule has 1 heterocycles. The predicted molar refractivity (Wildman–Crippen MR) is 57.9 cm³/mol. The van der Waals surface area contributed by atoms with E-state index in [1.165, 1.54) is 4.90 Å². The highest BCUT2D eigenvalue weighted by Crippen LogP contribution is 2.22. The van der Waals surface area contributed by atoms with Gasteiger partial charge in [-0.3, -0.25) is 4.79 Å². The maximum absolute atomic E-state index is 13.5. The molecule has 3 nitrogen and oxygen atoms in total. The zero-order valence-electron chi connectivity index (χ0n) is 8.79. The number of aliphatic hydroxyl groups excluding tert-OH is 1. The molecule has 1 amide bonds. The Morgan fingerprint density at radius 1 is 1.41 bits per heavy atom. The second-order valence-corrected chi connectivity index (χ2v) is 4.35. The molecule has 0 bridgehead atoms. The van der Waals surface area contributed by atoms with Crippen LogP contribution in [0, 0.1) is 11.6 Å². The van der Waals surface area contributed by atoms with Gasteiger partial charge in [0.15, 0.2) is 0 Å². The fourth-order valence-corrected chi connectivity index (χ4v) is 1.93. The second-order valence-electron chi connectivity index (χ2n) is 3.94. The highest BCUT2D eigenvalue weighted by Gasteiger charge is 2.27. The third-order valence-corrected chi connectivity index (χ3v) is 2.98. The third-order valence-electron chi connectivity index (χ3n) is 2.69. The summed E-state index contributed by atoms with van der Waals surface area (Å²) in [5.41, 5.74) is -0.360. The van der Waals surface area contributed by atoms with Crippen LogP contribution in [0.4, 0.5) is 8.78 Å². The van der Waals surface area contributed by atoms with Crippen molar-refractivity contribution in [3.63, 3.8) is 0 Å². The molecule has 6 heteroatoms. The number of benzene rings is 1. The lowest BCUT2D eigenvalue weighted by Gasteiger charge is -2.16. The van der Waals surface area contributed by atoms with Crippen LogP contribution in [0.25, 0.3) is 0 Å². The van der Waals surface area contributed by atoms with Crippen LogP contribution < -0.4 is 0 Å². The molecule has 2 rings (SSSR count). The third kappa shape index (κ3) is 2.40. The lowest BCUT2D eigenvalue weighted by Crippen LogP contribution is -2.30. The Labute approximate surface area is 102 Å². The molecular weight excluding hydrogens is 252 g/mol. The van der Waals surface area contributed by atoms with Crippen molar-refractivity contribution >= 4 is 17.5 Å². The fraction of sp³-hybridized carbons (Fsp3) is 0.364. The Hall–Kier alpha value is -1.20. The molecule has 1 fully saturated rings. The molecule has 17 heavy (non-hydrogen) atoms. The van der Waals surface area contributed by atoms with Crippen molar-refractivity contribution in [2.24, 2.45) is 0 Å². The van der Waals surface area contributed by atoms with Crippen LogP contribution in [0.3, 0.4) is 0 Å². The number of carbonyl (C=O) groups excluding carboxylic acids is 1. The Morgan fingerprint density at radius 3 is 2.71 bits per heavy atom. The Morgan fingerprint density at radius 2 is 2.12 bits per heavy atom. The van der Waals surface area contributed by atoms with Gasteiger partial charge in [-0.15, -0.1) is 0 Å². The summed E-state index contributed by atoms with van der Waals surface area (Å²) in [7, 11) is 0. The summed E-state index contributed by atoms with van der Waals surface area (Å²) < 4.78 is 26.6. The van der Waals surface area contributed by atoms with Gasteiger partial charge in [0.2, 0.25) is 0 Å². The van der Waals surface area contributed by atoms with Crippen molar-refractivity contribution < 1.29 is 18.7 Å². The smallest absolute Gasteiger partial charge is 0.257 e. The molecule has 1 atom stereocenters. The topological polar surface area (TPSA) is 40.5 Å². The van der Waals surface area contributed by atoms with Gasteiger partial charge < -0.3 is 10.0 Å². The summed E-state index contributed by atoms with van der Waals surface area (Å²) in [4.78, 5) is 13.1. The van der Waals surface area contributed by atoms with Gasteiger partial charge in [0.1, 0.15) is 11.6 Å². The van der Waals surface area contributed by atoms with E-state index in [-0.39, 0.29) is 17.1 Å². The van der Waals surface area contributed by atoms with Crippen molar-refractivity contribution in [3.05, 3.63) is 34.4 Å². The molecule has 1 aliphatic rings. The average Bonchev–Trinajstić information content (AvgIpc) is 2.69. The first kappa shape index (κ1) is 12.3. The number of hydrogen-bond donors (Lipinski definition) is 1. The molecule has 0 radical (unpaired) electrons. The maximum atomic E-state index is 13.5. The standard InChI is InChI=1S/C11H10ClF2NO2/c12-8-4-9(13)7(3-10(8)14)11(17)15-2-1-6(16)5-15/h3-4,6,16H,1-2,5H2/t6-/m1/s1. The minimum atomic E-state index is -0.859. The monoisotopic (exact) mass is 261 g/mol. The van der Waals surface area contributed by atoms with Gasteiger partial charge >= 0.3 is 0 Å². The molecule has 0 saturated carbocycles. The first-order chi connectivity index (χ1) is 7.99. The van der Waals surface area contributed by atoms with Gasteiger partial charge in [0, 0.05) is 13.1 Å². The summed E-state index contributed by atoms with van der Waals surface area (Å²) >= 11 is 5.39. The van der Waals surface area contributed by atoms with Gasteiger partial charge in [0.05, 0.1) is 16.7 Å². The molecule has 1 saturated heterocycles. The molecule has 0 spiro atoms. The summed E-state index contributed by atoms with van der Waals surface area (Å²) in [6.07, 6.45) is -0.150. The Bertz CT molecular complexity index is 467. The van der Waals surface area contributed by atoms with E-state index in [0.29, 0.717) is 13.0 Å².